The molecule has 98 valence electrons. The van der Waals surface area contributed by atoms with Crippen molar-refractivity contribution >= 4 is 15.8 Å². The van der Waals surface area contributed by atoms with Crippen molar-refractivity contribution in [3.63, 3.8) is 0 Å². The predicted octanol–water partition coefficient (Wildman–Crippen LogP) is 1.80. The van der Waals surface area contributed by atoms with Crippen molar-refractivity contribution in [3.05, 3.63) is 29.3 Å². The van der Waals surface area contributed by atoms with Crippen LogP contribution in [0, 0.1) is 12.3 Å². The third kappa shape index (κ3) is 1.73. The number of carbonyl (C=O) groups is 1. The smallest absolute Gasteiger partial charge is 0.310 e. The second kappa shape index (κ2) is 3.82. The van der Waals surface area contributed by atoms with E-state index in [1.165, 1.54) is 13.8 Å². The van der Waals surface area contributed by atoms with Gasteiger partial charge in [0.05, 0.1) is 15.6 Å². The Bertz CT molecular complexity index is 614. The molecule has 0 amide bonds. The highest BCUT2D eigenvalue weighted by Crippen LogP contribution is 2.40. The lowest BCUT2D eigenvalue weighted by Gasteiger charge is -2.25. The summed E-state index contributed by atoms with van der Waals surface area (Å²) < 4.78 is 24.8. The second-order valence-corrected chi connectivity index (χ2v) is 7.47. The lowest BCUT2D eigenvalue weighted by Crippen LogP contribution is -2.41. The minimum absolute atomic E-state index is 0.276. The molecular weight excluding hydrogens is 252 g/mol. The fourth-order valence-electron chi connectivity index (χ4n) is 2.39. The van der Waals surface area contributed by atoms with Gasteiger partial charge >= 0.3 is 5.97 Å². The number of carboxylic acid groups (broad SMARTS) is 1. The van der Waals surface area contributed by atoms with Crippen LogP contribution in [0.3, 0.4) is 0 Å². The molecular formula is C13H16O4S. The molecule has 0 aromatic heterocycles. The van der Waals surface area contributed by atoms with Crippen molar-refractivity contribution in [2.75, 3.05) is 0 Å². The van der Waals surface area contributed by atoms with Crippen molar-refractivity contribution in [1.29, 1.82) is 0 Å². The van der Waals surface area contributed by atoms with Crippen molar-refractivity contribution in [3.8, 4) is 0 Å². The van der Waals surface area contributed by atoms with Gasteiger partial charge in [-0.15, -0.1) is 0 Å². The van der Waals surface area contributed by atoms with Gasteiger partial charge < -0.3 is 5.11 Å². The molecule has 0 bridgehead atoms. The zero-order chi connectivity index (χ0) is 13.7. The van der Waals surface area contributed by atoms with Gasteiger partial charge in [0, 0.05) is 0 Å². The first-order valence-electron chi connectivity index (χ1n) is 5.74. The Kier molecular flexibility index (Phi) is 2.77. The van der Waals surface area contributed by atoms with E-state index in [1.807, 2.05) is 13.0 Å². The zero-order valence-electron chi connectivity index (χ0n) is 10.6. The molecule has 0 spiro atoms. The molecule has 18 heavy (non-hydrogen) atoms. The molecule has 1 heterocycles. The Hall–Kier alpha value is -1.36. The maximum absolute atomic E-state index is 12.4. The first-order chi connectivity index (χ1) is 8.17. The van der Waals surface area contributed by atoms with E-state index in [2.05, 4.69) is 0 Å². The van der Waals surface area contributed by atoms with Crippen LogP contribution in [0.25, 0.3) is 0 Å². The Morgan fingerprint density at radius 1 is 1.39 bits per heavy atom. The molecule has 1 unspecified atom stereocenters. The van der Waals surface area contributed by atoms with E-state index in [0.717, 1.165) is 11.1 Å². The number of hydrogen-bond donors (Lipinski definition) is 1. The van der Waals surface area contributed by atoms with Crippen LogP contribution in [0.5, 0.6) is 0 Å². The number of benzene rings is 1. The summed E-state index contributed by atoms with van der Waals surface area (Å²) in [7, 11) is -3.55. The van der Waals surface area contributed by atoms with E-state index in [9.17, 15) is 18.3 Å². The summed E-state index contributed by atoms with van der Waals surface area (Å²) in [5, 5.41) is 8.31. The van der Waals surface area contributed by atoms with Crippen molar-refractivity contribution in [1.82, 2.24) is 0 Å². The molecule has 2 rings (SSSR count). The summed E-state index contributed by atoms with van der Waals surface area (Å²) in [4.78, 5) is 11.5. The first-order valence-corrected chi connectivity index (χ1v) is 7.29. The Balaban J connectivity index is 2.57. The molecule has 1 N–H and O–H groups in total. The number of rotatable bonds is 2. The normalized spacial score (nSPS) is 21.6. The highest BCUT2D eigenvalue weighted by Gasteiger charge is 2.49. The topological polar surface area (TPSA) is 71.4 Å². The van der Waals surface area contributed by atoms with E-state index < -0.39 is 26.5 Å². The first kappa shape index (κ1) is 13.1. The molecule has 0 fully saturated rings. The average molecular weight is 268 g/mol. The molecule has 0 aliphatic carbocycles. The van der Waals surface area contributed by atoms with Gasteiger partial charge in [-0.1, -0.05) is 17.7 Å². The van der Waals surface area contributed by atoms with E-state index in [-0.39, 0.29) is 11.3 Å². The van der Waals surface area contributed by atoms with E-state index in [1.54, 1.807) is 12.1 Å². The van der Waals surface area contributed by atoms with Gasteiger partial charge in [-0.25, -0.2) is 8.42 Å². The largest absolute Gasteiger partial charge is 0.481 e. The zero-order valence-corrected chi connectivity index (χ0v) is 11.4. The van der Waals surface area contributed by atoms with Crippen LogP contribution in [0.15, 0.2) is 23.1 Å². The van der Waals surface area contributed by atoms with Gasteiger partial charge in [-0.05, 0) is 38.8 Å². The van der Waals surface area contributed by atoms with Crippen LogP contribution in [-0.2, 0) is 21.1 Å². The molecule has 0 saturated heterocycles. The number of hydrogen-bond acceptors (Lipinski definition) is 3. The van der Waals surface area contributed by atoms with Crippen molar-refractivity contribution in [2.45, 2.75) is 37.3 Å². The number of fused-ring (bicyclic) bond motifs is 1. The standard InChI is InChI=1S/C13H16O4S/c1-8-4-5-10-9(6-8)7-11(18(10,16)17)13(2,3)12(14)15/h4-6,11H,7H2,1-3H3,(H,14,15). The van der Waals surface area contributed by atoms with Crippen LogP contribution >= 0.6 is 0 Å². The van der Waals surface area contributed by atoms with Crippen molar-refractivity contribution < 1.29 is 18.3 Å². The Morgan fingerprint density at radius 2 is 2.00 bits per heavy atom. The fraction of sp³-hybridized carbons (Fsp3) is 0.462. The molecule has 1 aromatic carbocycles. The second-order valence-electron chi connectivity index (χ2n) is 5.38. The van der Waals surface area contributed by atoms with E-state index >= 15 is 0 Å². The molecule has 1 atom stereocenters. The number of carboxylic acids is 1. The molecule has 1 aliphatic rings. The van der Waals surface area contributed by atoms with Crippen LogP contribution in [0.1, 0.15) is 25.0 Å². The summed E-state index contributed by atoms with van der Waals surface area (Å²) in [5.41, 5.74) is 0.429. The summed E-state index contributed by atoms with van der Waals surface area (Å²) in [5.74, 6) is -1.08. The average Bonchev–Trinajstić information content (AvgIpc) is 2.50. The molecule has 5 heteroatoms. The predicted molar refractivity (Wildman–Crippen MR) is 67.3 cm³/mol. The third-order valence-corrected chi connectivity index (χ3v) is 6.17. The maximum Gasteiger partial charge on any atom is 0.310 e. The van der Waals surface area contributed by atoms with Crippen LogP contribution in [0.4, 0.5) is 0 Å². The minimum atomic E-state index is -3.55. The van der Waals surface area contributed by atoms with Crippen LogP contribution < -0.4 is 0 Å². The molecule has 1 aromatic rings. The van der Waals surface area contributed by atoms with Gasteiger partial charge in [0.15, 0.2) is 9.84 Å². The lowest BCUT2D eigenvalue weighted by molar-refractivity contribution is -0.146. The molecule has 0 saturated carbocycles. The number of sulfone groups is 1. The quantitative estimate of drug-likeness (QED) is 0.888. The summed E-state index contributed by atoms with van der Waals surface area (Å²) in [6.07, 6.45) is 0.276. The van der Waals surface area contributed by atoms with Gasteiger partial charge in [0.25, 0.3) is 0 Å². The van der Waals surface area contributed by atoms with Crippen molar-refractivity contribution in [2.24, 2.45) is 5.41 Å². The number of aryl methyl sites for hydroxylation is 1. The minimum Gasteiger partial charge on any atom is -0.481 e. The molecule has 0 radical (unpaired) electrons. The van der Waals surface area contributed by atoms with Crippen LogP contribution in [0.2, 0.25) is 0 Å². The summed E-state index contributed by atoms with van der Waals surface area (Å²) >= 11 is 0. The molecule has 4 nitrogen and oxygen atoms in total. The summed E-state index contributed by atoms with van der Waals surface area (Å²) in [6.45, 7) is 4.83. The monoisotopic (exact) mass is 268 g/mol. The SMILES string of the molecule is Cc1ccc2c(c1)CC(C(C)(C)C(=O)O)S2(=O)=O. The van der Waals surface area contributed by atoms with Gasteiger partial charge in [0.2, 0.25) is 0 Å². The van der Waals surface area contributed by atoms with Gasteiger partial charge in [0.1, 0.15) is 0 Å². The number of aliphatic carboxylic acids is 1. The Labute approximate surface area is 107 Å². The van der Waals surface area contributed by atoms with Crippen LogP contribution in [-0.4, -0.2) is 24.7 Å². The maximum atomic E-state index is 12.4. The lowest BCUT2D eigenvalue weighted by atomic mass is 9.86. The van der Waals surface area contributed by atoms with Gasteiger partial charge in [-0.2, -0.15) is 0 Å². The van der Waals surface area contributed by atoms with Gasteiger partial charge in [-0.3, -0.25) is 4.79 Å². The van der Waals surface area contributed by atoms with E-state index in [4.69, 9.17) is 0 Å². The Morgan fingerprint density at radius 3 is 2.56 bits per heavy atom. The summed E-state index contributed by atoms with van der Waals surface area (Å²) in [6, 6.07) is 5.15. The highest BCUT2D eigenvalue weighted by molar-refractivity contribution is 7.92. The highest BCUT2D eigenvalue weighted by atomic mass is 32.2. The third-order valence-electron chi connectivity index (χ3n) is 3.66. The van der Waals surface area contributed by atoms with E-state index in [0.29, 0.717) is 0 Å². The molecule has 1 aliphatic heterocycles. The fourth-order valence-corrected chi connectivity index (χ4v) is 4.74.